The number of carbonyl (C=O) groups is 3. The lowest BCUT2D eigenvalue weighted by molar-refractivity contribution is -0.125. The Morgan fingerprint density at radius 2 is 2.00 bits per heavy atom. The van der Waals surface area contributed by atoms with E-state index in [0.29, 0.717) is 47.1 Å². The Bertz CT molecular complexity index is 1070. The van der Waals surface area contributed by atoms with Gasteiger partial charge in [-0.2, -0.15) is 0 Å². The van der Waals surface area contributed by atoms with Crippen molar-refractivity contribution < 1.29 is 28.6 Å². The van der Waals surface area contributed by atoms with Crippen molar-refractivity contribution in [2.24, 2.45) is 0 Å². The molecule has 0 saturated carbocycles. The third kappa shape index (κ3) is 7.35. The molecule has 2 saturated heterocycles. The van der Waals surface area contributed by atoms with Gasteiger partial charge >= 0.3 is 6.09 Å². The number of amides is 3. The van der Waals surface area contributed by atoms with Gasteiger partial charge in [0.1, 0.15) is 18.5 Å². The highest BCUT2D eigenvalue weighted by atomic mass is 35.5. The van der Waals surface area contributed by atoms with Crippen molar-refractivity contribution in [3.63, 3.8) is 0 Å². The van der Waals surface area contributed by atoms with Crippen LogP contribution in [0.25, 0.3) is 0 Å². The van der Waals surface area contributed by atoms with Crippen LogP contribution in [0.5, 0.6) is 5.75 Å². The lowest BCUT2D eigenvalue weighted by Crippen LogP contribution is -2.41. The maximum Gasteiger partial charge on any atom is 0.414 e. The van der Waals surface area contributed by atoms with Gasteiger partial charge in [0, 0.05) is 28.6 Å². The second-order valence-electron chi connectivity index (χ2n) is 8.43. The molecule has 2 aliphatic heterocycles. The first-order valence-electron chi connectivity index (χ1n) is 11.8. The van der Waals surface area contributed by atoms with Crippen LogP contribution in [0.2, 0.25) is 0 Å². The van der Waals surface area contributed by atoms with Crippen molar-refractivity contribution in [2.45, 2.75) is 39.2 Å². The fourth-order valence-corrected chi connectivity index (χ4v) is 4.41. The minimum Gasteiger partial charge on any atom is -0.492 e. The first-order valence-corrected chi connectivity index (χ1v) is 13.1. The molecule has 2 aliphatic rings. The number of anilines is 2. The molecule has 0 radical (unpaired) electrons. The number of rotatable bonds is 7. The summed E-state index contributed by atoms with van der Waals surface area (Å²) in [5.74, 6) is 0.177. The molecule has 3 heterocycles. The molecule has 196 valence electrons. The monoisotopic (exact) mass is 537 g/mol. The van der Waals surface area contributed by atoms with Crippen LogP contribution in [-0.2, 0) is 14.3 Å². The third-order valence-corrected chi connectivity index (χ3v) is 6.16. The van der Waals surface area contributed by atoms with Gasteiger partial charge in [0.2, 0.25) is 0 Å². The number of aryl methyl sites for hydroxylation is 1. The number of ether oxygens (including phenoxy) is 3. The first-order chi connectivity index (χ1) is 17.2. The van der Waals surface area contributed by atoms with Gasteiger partial charge in [-0.05, 0) is 52.0 Å². The van der Waals surface area contributed by atoms with Crippen LogP contribution >= 0.6 is 22.9 Å². The zero-order chi connectivity index (χ0) is 26.2. The fourth-order valence-electron chi connectivity index (χ4n) is 3.63. The summed E-state index contributed by atoms with van der Waals surface area (Å²) in [6.45, 7) is 9.51. The van der Waals surface area contributed by atoms with E-state index in [4.69, 9.17) is 25.8 Å². The molecule has 0 bridgehead atoms. The summed E-state index contributed by atoms with van der Waals surface area (Å²) in [5.41, 5.74) is 1.25. The molecular formula is C25H32ClN3O6S. The Kier molecular flexibility index (Phi) is 9.98. The Labute approximate surface area is 220 Å². The van der Waals surface area contributed by atoms with Gasteiger partial charge in [0.25, 0.3) is 11.8 Å². The maximum atomic E-state index is 12.6. The molecule has 11 heteroatoms. The van der Waals surface area contributed by atoms with Crippen molar-refractivity contribution >= 4 is 52.2 Å². The summed E-state index contributed by atoms with van der Waals surface area (Å²) in [6.07, 6.45) is -0.991. The lowest BCUT2D eigenvalue weighted by Gasteiger charge is -2.28. The summed E-state index contributed by atoms with van der Waals surface area (Å²) in [7, 11) is 0. The highest BCUT2D eigenvalue weighted by molar-refractivity contribution is 7.13. The van der Waals surface area contributed by atoms with E-state index < -0.39 is 12.2 Å². The van der Waals surface area contributed by atoms with Crippen LogP contribution in [0.4, 0.5) is 16.2 Å². The van der Waals surface area contributed by atoms with E-state index in [2.05, 4.69) is 5.32 Å². The minimum absolute atomic E-state index is 0.0443. The summed E-state index contributed by atoms with van der Waals surface area (Å²) in [6, 6.07) is 8.95. The van der Waals surface area contributed by atoms with E-state index in [9.17, 15) is 14.4 Å². The van der Waals surface area contributed by atoms with Gasteiger partial charge in [-0.25, -0.2) is 4.79 Å². The molecule has 0 aliphatic carbocycles. The Hall–Kier alpha value is -2.82. The molecule has 1 unspecified atom stereocenters. The number of hydrogen-bond acceptors (Lipinski definition) is 7. The summed E-state index contributed by atoms with van der Waals surface area (Å²) in [4.78, 5) is 41.8. The predicted molar refractivity (Wildman–Crippen MR) is 141 cm³/mol. The van der Waals surface area contributed by atoms with Gasteiger partial charge in [-0.1, -0.05) is 0 Å². The van der Waals surface area contributed by atoms with E-state index in [1.807, 2.05) is 33.8 Å². The van der Waals surface area contributed by atoms with Crippen LogP contribution in [0.3, 0.4) is 0 Å². The molecule has 9 nitrogen and oxygen atoms in total. The molecule has 0 spiro atoms. The van der Waals surface area contributed by atoms with E-state index in [1.165, 1.54) is 16.2 Å². The average molecular weight is 538 g/mol. The normalized spacial score (nSPS) is 17.6. The molecule has 2 aromatic rings. The highest BCUT2D eigenvalue weighted by Crippen LogP contribution is 2.35. The van der Waals surface area contributed by atoms with Gasteiger partial charge in [0.15, 0.2) is 0 Å². The lowest BCUT2D eigenvalue weighted by atomic mass is 10.2. The van der Waals surface area contributed by atoms with Gasteiger partial charge < -0.3 is 24.4 Å². The fraction of sp³-hybridized carbons (Fsp3) is 0.480. The maximum absolute atomic E-state index is 12.6. The standard InChI is InChI=1S/C22H25N3O6S.C3H7Cl/c1-3-30-18-10-15(24-8-9-29-13-20(24)26)5-6-17(18)25-12-16(31-22(25)28)11-23-21(27)19-7-4-14(2)32-19;1-3(2)4/h4-7,10,16H,3,8-9,11-13H2,1-2H3,(H,23,27);3H,1-2H3. The third-order valence-electron chi connectivity index (χ3n) is 5.16. The molecule has 36 heavy (non-hydrogen) atoms. The molecule has 1 N–H and O–H groups in total. The van der Waals surface area contributed by atoms with Crippen molar-refractivity contribution in [3.05, 3.63) is 40.1 Å². The molecular weight excluding hydrogens is 506 g/mol. The Morgan fingerprint density at radius 3 is 2.64 bits per heavy atom. The van der Waals surface area contributed by atoms with Crippen molar-refractivity contribution in [1.29, 1.82) is 0 Å². The van der Waals surface area contributed by atoms with Gasteiger partial charge in [-0.15, -0.1) is 22.9 Å². The van der Waals surface area contributed by atoms with E-state index in [-0.39, 0.29) is 31.5 Å². The molecule has 1 aromatic heterocycles. The number of hydrogen-bond donors (Lipinski definition) is 1. The average Bonchev–Trinajstić information content (AvgIpc) is 3.43. The molecule has 4 rings (SSSR count). The number of halogens is 1. The highest BCUT2D eigenvalue weighted by Gasteiger charge is 2.34. The van der Waals surface area contributed by atoms with Crippen molar-refractivity contribution in [3.8, 4) is 5.75 Å². The Morgan fingerprint density at radius 1 is 1.25 bits per heavy atom. The predicted octanol–water partition coefficient (Wildman–Crippen LogP) is 4.21. The Balaban J connectivity index is 0.000000840. The van der Waals surface area contributed by atoms with Crippen LogP contribution in [-0.4, -0.2) is 68.8 Å². The number of nitrogens with one attached hydrogen (secondary N) is 1. The molecule has 2 fully saturated rings. The number of benzene rings is 1. The topological polar surface area (TPSA) is 97.4 Å². The largest absolute Gasteiger partial charge is 0.492 e. The SMILES string of the molecule is CC(C)Cl.CCOc1cc(N2CCOCC2=O)ccc1N1CC(CNC(=O)c2ccc(C)s2)OC1=O. The smallest absolute Gasteiger partial charge is 0.414 e. The van der Waals surface area contributed by atoms with Crippen molar-refractivity contribution in [2.75, 3.05) is 49.3 Å². The minimum atomic E-state index is -0.507. The van der Waals surface area contributed by atoms with Gasteiger partial charge in [0.05, 0.1) is 36.9 Å². The molecule has 3 amide bonds. The molecule has 1 atom stereocenters. The number of alkyl halides is 1. The summed E-state index contributed by atoms with van der Waals surface area (Å²) >= 11 is 6.69. The van der Waals surface area contributed by atoms with Gasteiger partial charge in [-0.3, -0.25) is 14.5 Å². The van der Waals surface area contributed by atoms with Crippen LogP contribution in [0.1, 0.15) is 35.3 Å². The number of cyclic esters (lactones) is 1. The quantitative estimate of drug-likeness (QED) is 0.531. The zero-order valence-electron chi connectivity index (χ0n) is 20.9. The number of carbonyl (C=O) groups excluding carboxylic acids is 3. The molecule has 1 aromatic carbocycles. The van der Waals surface area contributed by atoms with Crippen LogP contribution in [0, 0.1) is 6.92 Å². The number of morpholine rings is 1. The first kappa shape index (κ1) is 27.8. The summed E-state index contributed by atoms with van der Waals surface area (Å²) < 4.78 is 16.4. The summed E-state index contributed by atoms with van der Waals surface area (Å²) in [5, 5.41) is 3.13. The van der Waals surface area contributed by atoms with E-state index >= 15 is 0 Å². The number of thiophene rings is 1. The van der Waals surface area contributed by atoms with Crippen LogP contribution in [0.15, 0.2) is 30.3 Å². The van der Waals surface area contributed by atoms with Crippen molar-refractivity contribution in [1.82, 2.24) is 5.32 Å². The second-order valence-corrected chi connectivity index (χ2v) is 10.6. The van der Waals surface area contributed by atoms with Crippen LogP contribution < -0.4 is 19.9 Å². The van der Waals surface area contributed by atoms with E-state index in [1.54, 1.807) is 29.2 Å². The zero-order valence-corrected chi connectivity index (χ0v) is 22.5. The number of nitrogens with zero attached hydrogens (tertiary/aromatic N) is 2. The second kappa shape index (κ2) is 12.9. The van der Waals surface area contributed by atoms with E-state index in [0.717, 1.165) is 4.88 Å².